The van der Waals surface area contributed by atoms with E-state index in [0.717, 1.165) is 0 Å². The van der Waals surface area contributed by atoms with Crippen molar-refractivity contribution in [2.75, 3.05) is 13.1 Å². The third-order valence-electron chi connectivity index (χ3n) is 7.19. The highest BCUT2D eigenvalue weighted by Gasteiger charge is 2.57. The molecular weight excluding hydrogens is 448 g/mol. The summed E-state index contributed by atoms with van der Waals surface area (Å²) in [5.41, 5.74) is -1.45. The van der Waals surface area contributed by atoms with E-state index in [-0.39, 0.29) is 18.4 Å². The zero-order valence-electron chi connectivity index (χ0n) is 19.8. The summed E-state index contributed by atoms with van der Waals surface area (Å²) in [6, 6.07) is -1.73. The van der Waals surface area contributed by atoms with Gasteiger partial charge in [-0.3, -0.25) is 9.59 Å². The van der Waals surface area contributed by atoms with E-state index in [4.69, 9.17) is 0 Å². The minimum atomic E-state index is -3.49. The molecule has 4 N–H and O–H groups in total. The van der Waals surface area contributed by atoms with Crippen molar-refractivity contribution in [2.24, 2.45) is 11.3 Å². The summed E-state index contributed by atoms with van der Waals surface area (Å²) in [4.78, 5) is 39.2. The molecule has 0 aromatic rings. The fourth-order valence-electron chi connectivity index (χ4n) is 4.45. The van der Waals surface area contributed by atoms with Crippen LogP contribution < -0.4 is 15.4 Å². The van der Waals surface area contributed by atoms with Crippen LogP contribution in [0.4, 0.5) is 4.79 Å². The quantitative estimate of drug-likeness (QED) is 0.362. The molecule has 186 valence electrons. The van der Waals surface area contributed by atoms with Gasteiger partial charge in [0.25, 0.3) is 0 Å². The molecule has 1 aliphatic heterocycles. The van der Waals surface area contributed by atoms with Crippen LogP contribution in [0.25, 0.3) is 0 Å². The first kappa shape index (κ1) is 25.5. The number of carbonyl (C=O) groups excluding carboxylic acids is 2. The zero-order chi connectivity index (χ0) is 24.8. The van der Waals surface area contributed by atoms with Gasteiger partial charge in [-0.1, -0.05) is 26.8 Å². The highest BCUT2D eigenvalue weighted by molar-refractivity contribution is 7.91. The van der Waals surface area contributed by atoms with E-state index in [9.17, 15) is 27.9 Å². The molecule has 10 nitrogen and oxygen atoms in total. The number of hydrogen-bond acceptors (Lipinski definition) is 5. The van der Waals surface area contributed by atoms with Crippen molar-refractivity contribution < 1.29 is 27.9 Å². The minimum Gasteiger partial charge on any atom is -0.465 e. The molecule has 3 amide bonds. The summed E-state index contributed by atoms with van der Waals surface area (Å²) in [5, 5.41) is 14.5. The van der Waals surface area contributed by atoms with Crippen molar-refractivity contribution in [1.29, 1.82) is 0 Å². The molecule has 4 atom stereocenters. The SMILES string of the molecule is C=CC1CC1(CNS(=O)(=O)C1(C)CC1)NC(=O)C1CCCN1C(=O)C(NC(=O)O)C(C)(C)C. The van der Waals surface area contributed by atoms with E-state index < -0.39 is 49.8 Å². The lowest BCUT2D eigenvalue weighted by atomic mass is 9.85. The van der Waals surface area contributed by atoms with E-state index in [2.05, 4.69) is 21.9 Å². The van der Waals surface area contributed by atoms with E-state index in [1.54, 1.807) is 33.8 Å². The van der Waals surface area contributed by atoms with Crippen LogP contribution in [0.3, 0.4) is 0 Å². The molecule has 3 aliphatic rings. The van der Waals surface area contributed by atoms with Gasteiger partial charge in [-0.2, -0.15) is 0 Å². The first-order chi connectivity index (χ1) is 15.2. The van der Waals surface area contributed by atoms with Gasteiger partial charge in [-0.15, -0.1) is 6.58 Å². The number of amides is 3. The number of carbonyl (C=O) groups is 3. The average Bonchev–Trinajstić information content (AvgIpc) is 3.56. The third-order valence-corrected chi connectivity index (χ3v) is 9.42. The van der Waals surface area contributed by atoms with Gasteiger partial charge in [-0.25, -0.2) is 17.9 Å². The van der Waals surface area contributed by atoms with Crippen LogP contribution in [0.15, 0.2) is 12.7 Å². The number of rotatable bonds is 9. The number of nitrogens with one attached hydrogen (secondary N) is 3. The third kappa shape index (κ3) is 5.18. The lowest BCUT2D eigenvalue weighted by Crippen LogP contribution is -2.59. The molecule has 11 heteroatoms. The maximum Gasteiger partial charge on any atom is 0.405 e. The molecule has 0 spiro atoms. The number of nitrogens with zero attached hydrogens (tertiary/aromatic N) is 1. The standard InChI is InChI=1S/C22H36N4O6S/c1-6-14-12-22(14,13-23-33(31,32)21(5)9-10-21)25-17(27)15-8-7-11-26(15)18(28)16(20(2,3)4)24-19(29)30/h6,14-16,23-24H,1,7-13H2,2-5H3,(H,25,27)(H,29,30). The van der Waals surface area contributed by atoms with Crippen molar-refractivity contribution >= 4 is 27.9 Å². The Kier molecular flexibility index (Phi) is 6.62. The van der Waals surface area contributed by atoms with Crippen LogP contribution in [0.2, 0.25) is 0 Å². The molecule has 2 saturated carbocycles. The summed E-state index contributed by atoms with van der Waals surface area (Å²) in [6.45, 7) is 11.2. The molecule has 0 aromatic carbocycles. The van der Waals surface area contributed by atoms with Crippen LogP contribution >= 0.6 is 0 Å². The van der Waals surface area contributed by atoms with Crippen LogP contribution in [0.5, 0.6) is 0 Å². The van der Waals surface area contributed by atoms with Crippen LogP contribution in [-0.4, -0.2) is 71.8 Å². The van der Waals surface area contributed by atoms with E-state index >= 15 is 0 Å². The topological polar surface area (TPSA) is 145 Å². The van der Waals surface area contributed by atoms with Gasteiger partial charge in [0, 0.05) is 19.0 Å². The maximum absolute atomic E-state index is 13.3. The number of hydrogen-bond donors (Lipinski definition) is 4. The summed E-state index contributed by atoms with van der Waals surface area (Å²) in [7, 11) is -3.49. The van der Waals surface area contributed by atoms with Gasteiger partial charge in [0.05, 0.1) is 10.3 Å². The van der Waals surface area contributed by atoms with Crippen molar-refractivity contribution in [3.05, 3.63) is 12.7 Å². The predicted molar refractivity (Wildman–Crippen MR) is 123 cm³/mol. The number of likely N-dealkylation sites (tertiary alicyclic amines) is 1. The summed E-state index contributed by atoms with van der Waals surface area (Å²) >= 11 is 0. The summed E-state index contributed by atoms with van der Waals surface area (Å²) in [5.74, 6) is -0.863. The molecule has 2 aliphatic carbocycles. The van der Waals surface area contributed by atoms with E-state index in [1.165, 1.54) is 4.90 Å². The Morgan fingerprint density at radius 1 is 1.27 bits per heavy atom. The van der Waals surface area contributed by atoms with Crippen molar-refractivity contribution in [2.45, 2.75) is 82.2 Å². The van der Waals surface area contributed by atoms with Crippen LogP contribution in [0, 0.1) is 11.3 Å². The second-order valence-corrected chi connectivity index (χ2v) is 13.2. The second-order valence-electron chi connectivity index (χ2n) is 10.9. The Morgan fingerprint density at radius 2 is 1.91 bits per heavy atom. The number of carboxylic acid groups (broad SMARTS) is 1. The van der Waals surface area contributed by atoms with E-state index in [0.29, 0.717) is 38.6 Å². The van der Waals surface area contributed by atoms with Gasteiger partial charge in [0.1, 0.15) is 12.1 Å². The van der Waals surface area contributed by atoms with Gasteiger partial charge < -0.3 is 20.6 Å². The molecule has 3 rings (SSSR count). The molecule has 0 bridgehead atoms. The molecule has 1 heterocycles. The zero-order valence-corrected chi connectivity index (χ0v) is 20.6. The summed E-state index contributed by atoms with van der Waals surface area (Å²) in [6.07, 6.45) is 3.28. The first-order valence-corrected chi connectivity index (χ1v) is 12.9. The predicted octanol–water partition coefficient (Wildman–Crippen LogP) is 1.19. The van der Waals surface area contributed by atoms with Gasteiger partial charge >= 0.3 is 6.09 Å². The lowest BCUT2D eigenvalue weighted by Gasteiger charge is -2.35. The molecule has 4 unspecified atom stereocenters. The number of sulfonamides is 1. The summed E-state index contributed by atoms with van der Waals surface area (Å²) < 4.78 is 27.1. The van der Waals surface area contributed by atoms with Gasteiger partial charge in [0.2, 0.25) is 21.8 Å². The monoisotopic (exact) mass is 484 g/mol. The maximum atomic E-state index is 13.3. The van der Waals surface area contributed by atoms with Crippen LogP contribution in [-0.2, 0) is 19.6 Å². The van der Waals surface area contributed by atoms with Crippen molar-refractivity contribution in [3.63, 3.8) is 0 Å². The lowest BCUT2D eigenvalue weighted by molar-refractivity contribution is -0.142. The fraction of sp³-hybridized carbons (Fsp3) is 0.773. The average molecular weight is 485 g/mol. The Bertz CT molecular complexity index is 939. The normalized spacial score (nSPS) is 29.2. The fourth-order valence-corrected chi connectivity index (χ4v) is 5.88. The minimum absolute atomic E-state index is 0.0687. The molecule has 3 fully saturated rings. The molecule has 0 aromatic heterocycles. The first-order valence-electron chi connectivity index (χ1n) is 11.4. The molecule has 0 radical (unpaired) electrons. The molecular formula is C22H36N4O6S. The second kappa shape index (κ2) is 8.57. The van der Waals surface area contributed by atoms with Crippen molar-refractivity contribution in [1.82, 2.24) is 20.3 Å². The van der Waals surface area contributed by atoms with Gasteiger partial charge in [-0.05, 0) is 44.4 Å². The Morgan fingerprint density at radius 3 is 2.39 bits per heavy atom. The Labute approximate surface area is 195 Å². The highest BCUT2D eigenvalue weighted by Crippen LogP contribution is 2.46. The Balaban J connectivity index is 1.71. The molecule has 1 saturated heterocycles. The van der Waals surface area contributed by atoms with E-state index in [1.807, 2.05) is 0 Å². The highest BCUT2D eigenvalue weighted by atomic mass is 32.2. The van der Waals surface area contributed by atoms with Gasteiger partial charge in [0.15, 0.2) is 0 Å². The smallest absolute Gasteiger partial charge is 0.405 e. The molecule has 33 heavy (non-hydrogen) atoms. The largest absolute Gasteiger partial charge is 0.465 e. The van der Waals surface area contributed by atoms with Crippen molar-refractivity contribution in [3.8, 4) is 0 Å². The van der Waals surface area contributed by atoms with Crippen LogP contribution in [0.1, 0.15) is 59.8 Å². The Hall–Kier alpha value is -2.14.